The molecular weight excluding hydrogens is 314 g/mol. The number of phenolic OH excluding ortho intramolecular Hbond substituents is 2. The van der Waals surface area contributed by atoms with Crippen molar-refractivity contribution in [1.82, 2.24) is 5.32 Å². The van der Waals surface area contributed by atoms with Crippen molar-refractivity contribution in [2.45, 2.75) is 19.1 Å². The van der Waals surface area contributed by atoms with Crippen molar-refractivity contribution in [3.05, 3.63) is 39.8 Å². The lowest BCUT2D eigenvalue weighted by molar-refractivity contribution is -0.895. The van der Waals surface area contributed by atoms with E-state index in [-0.39, 0.29) is 17.4 Å². The fraction of sp³-hybridized carbons (Fsp3) is 0.312. The van der Waals surface area contributed by atoms with Crippen molar-refractivity contribution in [1.29, 1.82) is 0 Å². The Balaban J connectivity index is 1.71. The summed E-state index contributed by atoms with van der Waals surface area (Å²) in [6.45, 7) is 1.97. The summed E-state index contributed by atoms with van der Waals surface area (Å²) in [6.07, 6.45) is 0.415. The quantitative estimate of drug-likeness (QED) is 0.529. The number of phenols is 2. The largest absolute Gasteiger partial charge is 0.508 e. The average molecular weight is 332 g/mol. The molecule has 1 unspecified atom stereocenters. The SMILES string of the molecule is C[NH+]1CCc2c(sc3c2C(=O)N[C@H](c2ccc(O)cc2O)N3)C1. The van der Waals surface area contributed by atoms with E-state index < -0.39 is 6.17 Å². The van der Waals surface area contributed by atoms with Gasteiger partial charge in [-0.2, -0.15) is 0 Å². The molecule has 1 aromatic heterocycles. The summed E-state index contributed by atoms with van der Waals surface area (Å²) in [5.41, 5.74) is 2.46. The number of hydrogen-bond donors (Lipinski definition) is 5. The van der Waals surface area contributed by atoms with E-state index in [1.54, 1.807) is 17.4 Å². The maximum absolute atomic E-state index is 12.6. The number of amides is 1. The van der Waals surface area contributed by atoms with Crippen LogP contribution >= 0.6 is 11.3 Å². The van der Waals surface area contributed by atoms with Gasteiger partial charge in [-0.25, -0.2) is 0 Å². The minimum atomic E-state index is -0.499. The molecule has 5 N–H and O–H groups in total. The fourth-order valence-corrected chi connectivity index (χ4v) is 4.65. The van der Waals surface area contributed by atoms with Crippen LogP contribution in [-0.2, 0) is 13.0 Å². The normalized spacial score (nSPS) is 22.7. The van der Waals surface area contributed by atoms with E-state index in [9.17, 15) is 15.0 Å². The number of rotatable bonds is 1. The third-order valence-electron chi connectivity index (χ3n) is 4.46. The molecule has 0 radical (unpaired) electrons. The molecule has 120 valence electrons. The Bertz CT molecular complexity index is 802. The van der Waals surface area contributed by atoms with E-state index in [0.29, 0.717) is 5.56 Å². The molecular formula is C16H18N3O3S+. The van der Waals surface area contributed by atoms with E-state index in [2.05, 4.69) is 17.7 Å². The highest BCUT2D eigenvalue weighted by Gasteiger charge is 2.34. The Hall–Kier alpha value is -2.25. The number of aromatic hydroxyl groups is 2. The first-order valence-corrected chi connectivity index (χ1v) is 8.39. The summed E-state index contributed by atoms with van der Waals surface area (Å²) >= 11 is 1.63. The van der Waals surface area contributed by atoms with Gasteiger partial charge in [-0.3, -0.25) is 4.79 Å². The minimum Gasteiger partial charge on any atom is -0.508 e. The lowest BCUT2D eigenvalue weighted by atomic mass is 10.0. The van der Waals surface area contributed by atoms with Gasteiger partial charge >= 0.3 is 0 Å². The first kappa shape index (κ1) is 14.3. The van der Waals surface area contributed by atoms with Crippen LogP contribution in [0.15, 0.2) is 18.2 Å². The highest BCUT2D eigenvalue weighted by molar-refractivity contribution is 7.16. The van der Waals surface area contributed by atoms with Gasteiger partial charge in [0.1, 0.15) is 29.2 Å². The number of quaternary nitrogens is 1. The number of nitrogens with one attached hydrogen (secondary N) is 3. The molecule has 2 aliphatic rings. The number of fused-ring (bicyclic) bond motifs is 3. The number of hydrogen-bond acceptors (Lipinski definition) is 5. The second kappa shape index (κ2) is 5.14. The number of likely N-dealkylation sites (N-methyl/N-ethyl adjacent to an activating group) is 1. The first-order chi connectivity index (χ1) is 11.0. The van der Waals surface area contributed by atoms with Crippen LogP contribution in [0.2, 0.25) is 0 Å². The number of anilines is 1. The van der Waals surface area contributed by atoms with Crippen molar-refractivity contribution >= 4 is 22.2 Å². The van der Waals surface area contributed by atoms with Crippen molar-refractivity contribution in [3.8, 4) is 11.5 Å². The summed E-state index contributed by atoms with van der Waals surface area (Å²) in [4.78, 5) is 15.3. The third-order valence-corrected chi connectivity index (χ3v) is 5.62. The molecule has 0 aliphatic carbocycles. The second-order valence-corrected chi connectivity index (χ2v) is 7.24. The van der Waals surface area contributed by atoms with Crippen molar-refractivity contribution < 1.29 is 19.9 Å². The van der Waals surface area contributed by atoms with Gasteiger partial charge < -0.3 is 25.7 Å². The van der Waals surface area contributed by atoms with Gasteiger partial charge in [-0.1, -0.05) is 0 Å². The number of carbonyl (C=O) groups is 1. The molecule has 2 atom stereocenters. The number of carbonyl (C=O) groups excluding carboxylic acids is 1. The van der Waals surface area contributed by atoms with Crippen LogP contribution in [0.3, 0.4) is 0 Å². The van der Waals surface area contributed by atoms with Crippen molar-refractivity contribution in [2.24, 2.45) is 0 Å². The molecule has 3 heterocycles. The fourth-order valence-electron chi connectivity index (χ4n) is 3.26. The predicted octanol–water partition coefficient (Wildman–Crippen LogP) is 0.584. The Morgan fingerprint density at radius 3 is 2.91 bits per heavy atom. The monoisotopic (exact) mass is 332 g/mol. The standard InChI is InChI=1S/C16H17N3O3S/c1-19-5-4-10-12(7-19)23-16-13(10)15(22)17-14(18-16)9-3-2-8(20)6-11(9)21/h2-3,6,14,18,20-21H,4-5,7H2,1H3,(H,17,22)/p+1/t14-/m0/s1. The predicted molar refractivity (Wildman–Crippen MR) is 87.1 cm³/mol. The topological polar surface area (TPSA) is 86.0 Å². The van der Waals surface area contributed by atoms with Gasteiger partial charge in [0, 0.05) is 18.1 Å². The Labute approximate surface area is 137 Å². The van der Waals surface area contributed by atoms with E-state index in [0.717, 1.165) is 35.6 Å². The smallest absolute Gasteiger partial charge is 0.256 e. The third kappa shape index (κ3) is 2.32. The van der Waals surface area contributed by atoms with Crippen molar-refractivity contribution in [3.63, 3.8) is 0 Å². The summed E-state index contributed by atoms with van der Waals surface area (Å²) < 4.78 is 0. The maximum atomic E-state index is 12.6. The minimum absolute atomic E-state index is 0.00771. The van der Waals surface area contributed by atoms with Gasteiger partial charge in [-0.15, -0.1) is 11.3 Å². The molecule has 1 aromatic carbocycles. The van der Waals surface area contributed by atoms with E-state index in [1.807, 2.05) is 0 Å². The van der Waals surface area contributed by atoms with Crippen molar-refractivity contribution in [2.75, 3.05) is 18.9 Å². The molecule has 2 aromatic rings. The van der Waals surface area contributed by atoms with E-state index in [4.69, 9.17) is 0 Å². The highest BCUT2D eigenvalue weighted by atomic mass is 32.1. The lowest BCUT2D eigenvalue weighted by Gasteiger charge is -2.27. The van der Waals surface area contributed by atoms with Crippen LogP contribution in [0.4, 0.5) is 5.00 Å². The summed E-state index contributed by atoms with van der Waals surface area (Å²) in [6, 6.07) is 4.38. The molecule has 7 heteroatoms. The zero-order valence-corrected chi connectivity index (χ0v) is 13.5. The molecule has 0 saturated heterocycles. The molecule has 0 saturated carbocycles. The summed E-state index contributed by atoms with van der Waals surface area (Å²) in [5, 5.41) is 26.5. The van der Waals surface area contributed by atoms with Gasteiger partial charge in [0.2, 0.25) is 0 Å². The lowest BCUT2D eigenvalue weighted by Crippen LogP contribution is -3.08. The van der Waals surface area contributed by atoms with E-state index in [1.165, 1.54) is 21.9 Å². The Morgan fingerprint density at radius 2 is 2.13 bits per heavy atom. The van der Waals surface area contributed by atoms with Gasteiger partial charge in [-0.05, 0) is 17.7 Å². The molecule has 1 amide bonds. The molecule has 6 nitrogen and oxygen atoms in total. The first-order valence-electron chi connectivity index (χ1n) is 7.58. The van der Waals surface area contributed by atoms with Crippen LogP contribution in [0.25, 0.3) is 0 Å². The molecule has 2 aliphatic heterocycles. The summed E-state index contributed by atoms with van der Waals surface area (Å²) in [5.74, 6) is -0.156. The van der Waals surface area contributed by atoms with Crippen LogP contribution < -0.4 is 15.5 Å². The molecule has 0 spiro atoms. The average Bonchev–Trinajstić information content (AvgIpc) is 2.84. The van der Waals surface area contributed by atoms with Gasteiger partial charge in [0.05, 0.1) is 24.0 Å². The Kier molecular flexibility index (Phi) is 3.21. The molecule has 0 bridgehead atoms. The van der Waals surface area contributed by atoms with Crippen LogP contribution in [-0.4, -0.2) is 29.7 Å². The van der Waals surface area contributed by atoms with Gasteiger partial charge in [0.25, 0.3) is 5.91 Å². The summed E-state index contributed by atoms with van der Waals surface area (Å²) in [7, 11) is 2.16. The zero-order chi connectivity index (χ0) is 16.1. The van der Waals surface area contributed by atoms with Crippen LogP contribution in [0.1, 0.15) is 32.5 Å². The molecule has 23 heavy (non-hydrogen) atoms. The maximum Gasteiger partial charge on any atom is 0.256 e. The Morgan fingerprint density at radius 1 is 1.30 bits per heavy atom. The van der Waals surface area contributed by atoms with Gasteiger partial charge in [0.15, 0.2) is 0 Å². The van der Waals surface area contributed by atoms with E-state index >= 15 is 0 Å². The van der Waals surface area contributed by atoms with Crippen LogP contribution in [0.5, 0.6) is 11.5 Å². The second-order valence-electron chi connectivity index (χ2n) is 6.14. The van der Waals surface area contributed by atoms with Crippen LogP contribution in [0, 0.1) is 0 Å². The molecule has 0 fully saturated rings. The zero-order valence-electron chi connectivity index (χ0n) is 12.6. The molecule has 4 rings (SSSR count). The highest BCUT2D eigenvalue weighted by Crippen LogP contribution is 2.40. The number of benzene rings is 1. The number of thiophene rings is 1.